The molecular weight excluding hydrogens is 148 g/mol. The molecule has 2 N–H and O–H groups in total. The molecule has 72 valence electrons. The molecule has 1 heterocycles. The number of likely N-dealkylation sites (tertiary alicyclic amines) is 1. The third-order valence-corrected chi connectivity index (χ3v) is 2.71. The van der Waals surface area contributed by atoms with Gasteiger partial charge in [0.2, 0.25) is 0 Å². The van der Waals surface area contributed by atoms with Gasteiger partial charge in [-0.1, -0.05) is 26.2 Å². The second-order valence-electron chi connectivity index (χ2n) is 3.81. The lowest BCUT2D eigenvalue weighted by Gasteiger charge is -2.26. The van der Waals surface area contributed by atoms with Crippen molar-refractivity contribution in [3.05, 3.63) is 0 Å². The molecule has 2 heteroatoms. The molecule has 0 aromatic heterocycles. The summed E-state index contributed by atoms with van der Waals surface area (Å²) in [6.45, 7) is 4.67. The zero-order valence-electron chi connectivity index (χ0n) is 8.26. The van der Waals surface area contributed by atoms with E-state index in [1.807, 2.05) is 0 Å². The topological polar surface area (TPSA) is 29.3 Å². The van der Waals surface area contributed by atoms with E-state index in [9.17, 15) is 0 Å². The van der Waals surface area contributed by atoms with Crippen molar-refractivity contribution in [1.82, 2.24) is 4.90 Å². The molecule has 0 aromatic rings. The second kappa shape index (κ2) is 5.55. The maximum atomic E-state index is 6.05. The quantitative estimate of drug-likeness (QED) is 0.701. The van der Waals surface area contributed by atoms with Gasteiger partial charge in [-0.05, 0) is 32.4 Å². The largest absolute Gasteiger partial charge is 0.316 e. The molecule has 0 bridgehead atoms. The standard InChI is InChI=1S/C10H22N2/c1-2-3-8-12-9-6-4-5-7-10(12)11/h10H,2-9,11H2,1H3. The minimum atomic E-state index is 0.346. The van der Waals surface area contributed by atoms with E-state index < -0.39 is 0 Å². The van der Waals surface area contributed by atoms with Gasteiger partial charge >= 0.3 is 0 Å². The Morgan fingerprint density at radius 1 is 1.33 bits per heavy atom. The highest BCUT2D eigenvalue weighted by Crippen LogP contribution is 2.13. The molecule has 1 unspecified atom stereocenters. The normalized spacial score (nSPS) is 27.0. The predicted molar refractivity (Wildman–Crippen MR) is 52.9 cm³/mol. The Morgan fingerprint density at radius 2 is 2.17 bits per heavy atom. The van der Waals surface area contributed by atoms with Gasteiger partial charge in [-0.25, -0.2) is 0 Å². The molecule has 1 atom stereocenters. The third-order valence-electron chi connectivity index (χ3n) is 2.71. The SMILES string of the molecule is CCCCN1CCCCCC1N. The molecule has 1 fully saturated rings. The van der Waals surface area contributed by atoms with E-state index in [4.69, 9.17) is 5.73 Å². The zero-order valence-corrected chi connectivity index (χ0v) is 8.26. The summed E-state index contributed by atoms with van der Waals surface area (Å²) in [5, 5.41) is 0. The summed E-state index contributed by atoms with van der Waals surface area (Å²) in [5.41, 5.74) is 6.05. The lowest BCUT2D eigenvalue weighted by atomic mass is 10.2. The van der Waals surface area contributed by atoms with Crippen molar-refractivity contribution < 1.29 is 0 Å². The first-order valence-electron chi connectivity index (χ1n) is 5.34. The van der Waals surface area contributed by atoms with Gasteiger partial charge in [0.25, 0.3) is 0 Å². The molecule has 0 amide bonds. The van der Waals surface area contributed by atoms with Crippen LogP contribution < -0.4 is 5.73 Å². The maximum Gasteiger partial charge on any atom is 0.0571 e. The monoisotopic (exact) mass is 170 g/mol. The summed E-state index contributed by atoms with van der Waals surface area (Å²) < 4.78 is 0. The van der Waals surface area contributed by atoms with Crippen LogP contribution in [0.1, 0.15) is 45.4 Å². The summed E-state index contributed by atoms with van der Waals surface area (Å²) in [4.78, 5) is 2.45. The van der Waals surface area contributed by atoms with Gasteiger partial charge in [-0.15, -0.1) is 0 Å². The van der Waals surface area contributed by atoms with E-state index in [2.05, 4.69) is 11.8 Å². The van der Waals surface area contributed by atoms with Crippen LogP contribution in [0.2, 0.25) is 0 Å². The fourth-order valence-corrected chi connectivity index (χ4v) is 1.83. The number of rotatable bonds is 3. The van der Waals surface area contributed by atoms with Crippen LogP contribution in [0.25, 0.3) is 0 Å². The predicted octanol–water partition coefficient (Wildman–Crippen LogP) is 1.95. The summed E-state index contributed by atoms with van der Waals surface area (Å²) >= 11 is 0. The van der Waals surface area contributed by atoms with Crippen molar-refractivity contribution in [2.45, 2.75) is 51.6 Å². The number of nitrogens with zero attached hydrogens (tertiary/aromatic N) is 1. The number of hydrogen-bond acceptors (Lipinski definition) is 2. The Hall–Kier alpha value is -0.0800. The lowest BCUT2D eigenvalue weighted by Crippen LogP contribution is -2.41. The molecule has 0 aliphatic carbocycles. The molecule has 0 saturated carbocycles. The van der Waals surface area contributed by atoms with E-state index in [-0.39, 0.29) is 0 Å². The molecule has 0 spiro atoms. The molecule has 1 saturated heterocycles. The molecule has 1 aliphatic heterocycles. The van der Waals surface area contributed by atoms with Gasteiger partial charge in [0.1, 0.15) is 0 Å². The molecule has 1 rings (SSSR count). The van der Waals surface area contributed by atoms with E-state index in [1.54, 1.807) is 0 Å². The van der Waals surface area contributed by atoms with Gasteiger partial charge < -0.3 is 5.73 Å². The Morgan fingerprint density at radius 3 is 2.92 bits per heavy atom. The smallest absolute Gasteiger partial charge is 0.0571 e. The van der Waals surface area contributed by atoms with E-state index >= 15 is 0 Å². The van der Waals surface area contributed by atoms with Gasteiger partial charge in [0.15, 0.2) is 0 Å². The Kier molecular flexibility index (Phi) is 4.62. The fourth-order valence-electron chi connectivity index (χ4n) is 1.83. The van der Waals surface area contributed by atoms with Crippen LogP contribution in [-0.2, 0) is 0 Å². The fraction of sp³-hybridized carbons (Fsp3) is 1.00. The summed E-state index contributed by atoms with van der Waals surface area (Å²) in [6, 6.07) is 0. The van der Waals surface area contributed by atoms with Gasteiger partial charge in [0.05, 0.1) is 6.17 Å². The molecule has 0 radical (unpaired) electrons. The first kappa shape index (κ1) is 10.0. The van der Waals surface area contributed by atoms with Gasteiger partial charge in [0, 0.05) is 0 Å². The first-order chi connectivity index (χ1) is 5.84. The van der Waals surface area contributed by atoms with Crippen LogP contribution in [0.5, 0.6) is 0 Å². The summed E-state index contributed by atoms with van der Waals surface area (Å²) in [7, 11) is 0. The number of hydrogen-bond donors (Lipinski definition) is 1. The van der Waals surface area contributed by atoms with Crippen molar-refractivity contribution in [2.75, 3.05) is 13.1 Å². The van der Waals surface area contributed by atoms with E-state index in [1.165, 1.54) is 51.6 Å². The average molecular weight is 170 g/mol. The van der Waals surface area contributed by atoms with Crippen molar-refractivity contribution >= 4 is 0 Å². The van der Waals surface area contributed by atoms with Gasteiger partial charge in [-0.3, -0.25) is 4.90 Å². The highest BCUT2D eigenvalue weighted by molar-refractivity contribution is 4.69. The van der Waals surface area contributed by atoms with Crippen molar-refractivity contribution in [2.24, 2.45) is 5.73 Å². The van der Waals surface area contributed by atoms with Crippen molar-refractivity contribution in [3.8, 4) is 0 Å². The third kappa shape index (κ3) is 3.11. The molecule has 1 aliphatic rings. The van der Waals surface area contributed by atoms with E-state index in [0.717, 1.165) is 0 Å². The second-order valence-corrected chi connectivity index (χ2v) is 3.81. The highest BCUT2D eigenvalue weighted by Gasteiger charge is 2.15. The van der Waals surface area contributed by atoms with Crippen LogP contribution >= 0.6 is 0 Å². The van der Waals surface area contributed by atoms with Crippen molar-refractivity contribution in [1.29, 1.82) is 0 Å². The maximum absolute atomic E-state index is 6.05. The summed E-state index contributed by atoms with van der Waals surface area (Å²) in [6.07, 6.45) is 8.16. The van der Waals surface area contributed by atoms with E-state index in [0.29, 0.717) is 6.17 Å². The van der Waals surface area contributed by atoms with Crippen LogP contribution in [0.4, 0.5) is 0 Å². The van der Waals surface area contributed by atoms with Crippen LogP contribution in [0, 0.1) is 0 Å². The molecular formula is C10H22N2. The Labute approximate surface area is 76.1 Å². The van der Waals surface area contributed by atoms with Crippen molar-refractivity contribution in [3.63, 3.8) is 0 Å². The minimum Gasteiger partial charge on any atom is -0.316 e. The average Bonchev–Trinajstić information content (AvgIpc) is 2.27. The van der Waals surface area contributed by atoms with Crippen LogP contribution in [0.3, 0.4) is 0 Å². The lowest BCUT2D eigenvalue weighted by molar-refractivity contribution is 0.201. The van der Waals surface area contributed by atoms with Crippen LogP contribution in [-0.4, -0.2) is 24.2 Å². The number of nitrogens with two attached hydrogens (primary N) is 1. The van der Waals surface area contributed by atoms with Crippen LogP contribution in [0.15, 0.2) is 0 Å². The molecule has 12 heavy (non-hydrogen) atoms. The minimum absolute atomic E-state index is 0.346. The van der Waals surface area contributed by atoms with Gasteiger partial charge in [-0.2, -0.15) is 0 Å². The highest BCUT2D eigenvalue weighted by atomic mass is 15.2. The summed E-state index contributed by atoms with van der Waals surface area (Å²) in [5.74, 6) is 0. The number of unbranched alkanes of at least 4 members (excludes halogenated alkanes) is 1. The zero-order chi connectivity index (χ0) is 8.81. The Bertz CT molecular complexity index is 114. The first-order valence-corrected chi connectivity index (χ1v) is 5.34. The molecule has 2 nitrogen and oxygen atoms in total. The molecule has 0 aromatic carbocycles. The Balaban J connectivity index is 2.26.